The van der Waals surface area contributed by atoms with Crippen molar-refractivity contribution in [2.24, 2.45) is 17.3 Å². The molecule has 7 nitrogen and oxygen atoms in total. The molecule has 0 heterocycles. The van der Waals surface area contributed by atoms with Gasteiger partial charge >= 0.3 is 12.0 Å². The highest BCUT2D eigenvalue weighted by atomic mass is 16.5. The van der Waals surface area contributed by atoms with Gasteiger partial charge in [-0.1, -0.05) is 6.92 Å². The van der Waals surface area contributed by atoms with Crippen LogP contribution in [0.1, 0.15) is 65.2 Å². The molecule has 4 aliphatic carbocycles. The summed E-state index contributed by atoms with van der Waals surface area (Å²) in [4.78, 5) is 35.6. The first-order valence-corrected chi connectivity index (χ1v) is 9.69. The lowest BCUT2D eigenvalue weighted by atomic mass is 9.47. The number of urea groups is 1. The van der Waals surface area contributed by atoms with Gasteiger partial charge in [-0.15, -0.1) is 0 Å². The van der Waals surface area contributed by atoms with Crippen LogP contribution < -0.4 is 10.6 Å². The monoisotopic (exact) mass is 366 g/mol. The van der Waals surface area contributed by atoms with Crippen LogP contribution in [0.5, 0.6) is 0 Å². The molecule has 146 valence electrons. The van der Waals surface area contributed by atoms with Crippen molar-refractivity contribution in [3.63, 3.8) is 0 Å². The molecule has 4 fully saturated rings. The molecule has 0 spiro atoms. The molecule has 0 aliphatic heterocycles. The van der Waals surface area contributed by atoms with E-state index in [0.29, 0.717) is 18.3 Å². The average Bonchev–Trinajstić information content (AvgIpc) is 2.49. The highest BCUT2D eigenvalue weighted by Gasteiger charge is 2.57. The fraction of sp³-hybridized carbons (Fsp3) is 0.842. The summed E-state index contributed by atoms with van der Waals surface area (Å²) in [5.74, 6) is -0.0560. The van der Waals surface area contributed by atoms with Gasteiger partial charge in [0, 0.05) is 6.04 Å². The first-order valence-electron chi connectivity index (χ1n) is 9.69. The summed E-state index contributed by atoms with van der Waals surface area (Å²) in [5.41, 5.74) is -0.796. The third-order valence-corrected chi connectivity index (χ3v) is 6.28. The minimum absolute atomic E-state index is 0.0350. The van der Waals surface area contributed by atoms with Crippen LogP contribution in [0.25, 0.3) is 0 Å². The van der Waals surface area contributed by atoms with Gasteiger partial charge in [-0.2, -0.15) is 0 Å². The SMILES string of the molecule is CC[C@H](C)NC(=O)NC(=O)COC(=O)CC12C[C@@H]3C[C@@H](CC(O)(C3)C1)C2. The zero-order valence-electron chi connectivity index (χ0n) is 15.7. The van der Waals surface area contributed by atoms with Crippen LogP contribution in [0.15, 0.2) is 0 Å². The molecule has 0 aromatic heterocycles. The molecular formula is C19H30N2O5. The van der Waals surface area contributed by atoms with Crippen molar-refractivity contribution in [3.8, 4) is 0 Å². The van der Waals surface area contributed by atoms with Crippen LogP contribution >= 0.6 is 0 Å². The van der Waals surface area contributed by atoms with E-state index in [-0.39, 0.29) is 17.9 Å². The van der Waals surface area contributed by atoms with Crippen LogP contribution in [-0.2, 0) is 14.3 Å². The molecule has 4 rings (SSSR count). The first-order chi connectivity index (χ1) is 12.2. The van der Waals surface area contributed by atoms with Crippen molar-refractivity contribution in [3.05, 3.63) is 0 Å². The Hall–Kier alpha value is -1.63. The molecule has 2 unspecified atom stereocenters. The lowest BCUT2D eigenvalue weighted by Gasteiger charge is -2.60. The van der Waals surface area contributed by atoms with E-state index in [4.69, 9.17) is 4.74 Å². The maximum absolute atomic E-state index is 12.3. The number of carbonyl (C=O) groups is 3. The summed E-state index contributed by atoms with van der Waals surface area (Å²) >= 11 is 0. The number of hydrogen-bond donors (Lipinski definition) is 3. The smallest absolute Gasteiger partial charge is 0.321 e. The second kappa shape index (κ2) is 7.18. The fourth-order valence-corrected chi connectivity index (χ4v) is 5.64. The highest BCUT2D eigenvalue weighted by molar-refractivity contribution is 5.95. The van der Waals surface area contributed by atoms with Gasteiger partial charge in [0.2, 0.25) is 0 Å². The van der Waals surface area contributed by atoms with E-state index in [1.807, 2.05) is 13.8 Å². The van der Waals surface area contributed by atoms with Gasteiger partial charge in [0.1, 0.15) is 0 Å². The summed E-state index contributed by atoms with van der Waals surface area (Å²) in [7, 11) is 0. The molecule has 4 saturated carbocycles. The van der Waals surface area contributed by atoms with E-state index in [9.17, 15) is 19.5 Å². The summed E-state index contributed by atoms with van der Waals surface area (Å²) in [6.45, 7) is 3.30. The first kappa shape index (κ1) is 19.1. The van der Waals surface area contributed by atoms with Gasteiger partial charge in [0.05, 0.1) is 12.0 Å². The second-order valence-electron chi connectivity index (χ2n) is 8.85. The minimum Gasteiger partial charge on any atom is -0.456 e. The molecule has 4 aliphatic rings. The van der Waals surface area contributed by atoms with Crippen molar-refractivity contribution >= 4 is 17.9 Å². The van der Waals surface area contributed by atoms with Gasteiger partial charge in [-0.25, -0.2) is 4.79 Å². The Balaban J connectivity index is 1.45. The van der Waals surface area contributed by atoms with Crippen LogP contribution in [0.2, 0.25) is 0 Å². The third kappa shape index (κ3) is 4.37. The van der Waals surface area contributed by atoms with E-state index in [0.717, 1.165) is 38.5 Å². The Labute approximate surface area is 154 Å². The standard InChI is InChI=1S/C19H30N2O5/c1-3-12(2)20-17(24)21-15(22)10-26-16(23)9-18-5-13-4-14(6-18)8-19(25,7-13)11-18/h12-14,25H,3-11H2,1-2H3,(H2,20,21,22,24)/t12-,13-,14+,18?,19?/m0/s1. The maximum Gasteiger partial charge on any atom is 0.321 e. The maximum atomic E-state index is 12.3. The van der Waals surface area contributed by atoms with E-state index < -0.39 is 30.1 Å². The average molecular weight is 366 g/mol. The third-order valence-electron chi connectivity index (χ3n) is 6.28. The number of hydrogen-bond acceptors (Lipinski definition) is 5. The van der Waals surface area contributed by atoms with Gasteiger partial charge in [0.15, 0.2) is 6.61 Å². The predicted octanol–water partition coefficient (Wildman–Crippen LogP) is 1.88. The van der Waals surface area contributed by atoms with Crippen LogP contribution in [0.3, 0.4) is 0 Å². The fourth-order valence-electron chi connectivity index (χ4n) is 5.64. The number of aliphatic hydroxyl groups is 1. The number of nitrogens with one attached hydrogen (secondary N) is 2. The Morgan fingerprint density at radius 3 is 2.42 bits per heavy atom. The number of esters is 1. The number of ether oxygens (including phenoxy) is 1. The molecule has 3 amide bonds. The van der Waals surface area contributed by atoms with Gasteiger partial charge in [-0.05, 0) is 69.1 Å². The Morgan fingerprint density at radius 2 is 1.85 bits per heavy atom. The van der Waals surface area contributed by atoms with Crippen molar-refractivity contribution in [1.82, 2.24) is 10.6 Å². The number of imide groups is 1. The van der Waals surface area contributed by atoms with Crippen LogP contribution in [-0.4, -0.2) is 41.3 Å². The minimum atomic E-state index is -0.636. The Bertz CT molecular complexity index is 576. The summed E-state index contributed by atoms with van der Waals surface area (Å²) < 4.78 is 5.10. The molecule has 0 aromatic carbocycles. The van der Waals surface area contributed by atoms with Gasteiger partial charge in [-0.3, -0.25) is 14.9 Å². The second-order valence-corrected chi connectivity index (χ2v) is 8.85. The molecule has 0 saturated heterocycles. The molecule has 5 atom stereocenters. The summed E-state index contributed by atoms with van der Waals surface area (Å²) in [6, 6.07) is -0.615. The molecule has 0 aromatic rings. The Kier molecular flexibility index (Phi) is 5.28. The molecular weight excluding hydrogens is 336 g/mol. The normalized spacial score (nSPS) is 35.7. The molecule has 7 heteroatoms. The van der Waals surface area contributed by atoms with Crippen molar-refractivity contribution in [2.45, 2.75) is 76.9 Å². The van der Waals surface area contributed by atoms with Crippen LogP contribution in [0.4, 0.5) is 4.79 Å². The largest absolute Gasteiger partial charge is 0.456 e. The molecule has 26 heavy (non-hydrogen) atoms. The lowest BCUT2D eigenvalue weighted by Crippen LogP contribution is -2.56. The van der Waals surface area contributed by atoms with Gasteiger partial charge < -0.3 is 15.2 Å². The zero-order chi connectivity index (χ0) is 18.9. The lowest BCUT2D eigenvalue weighted by molar-refractivity contribution is -0.177. The topological polar surface area (TPSA) is 105 Å². The predicted molar refractivity (Wildman–Crippen MR) is 94.1 cm³/mol. The van der Waals surface area contributed by atoms with E-state index >= 15 is 0 Å². The van der Waals surface area contributed by atoms with Gasteiger partial charge in [0.25, 0.3) is 5.91 Å². The molecule has 4 bridgehead atoms. The van der Waals surface area contributed by atoms with Crippen molar-refractivity contribution in [1.29, 1.82) is 0 Å². The van der Waals surface area contributed by atoms with Crippen LogP contribution in [0, 0.1) is 17.3 Å². The molecule has 0 radical (unpaired) electrons. The summed E-state index contributed by atoms with van der Waals surface area (Å²) in [6.07, 6.45) is 6.46. The number of carbonyl (C=O) groups excluding carboxylic acids is 3. The number of amides is 3. The number of rotatable bonds is 6. The van der Waals surface area contributed by atoms with E-state index in [1.165, 1.54) is 0 Å². The molecule has 3 N–H and O–H groups in total. The summed E-state index contributed by atoms with van der Waals surface area (Å²) in [5, 5.41) is 15.5. The van der Waals surface area contributed by atoms with E-state index in [2.05, 4.69) is 10.6 Å². The van der Waals surface area contributed by atoms with Crippen molar-refractivity contribution < 1.29 is 24.2 Å². The van der Waals surface area contributed by atoms with Crippen molar-refractivity contribution in [2.75, 3.05) is 6.61 Å². The van der Waals surface area contributed by atoms with E-state index in [1.54, 1.807) is 0 Å². The Morgan fingerprint density at radius 1 is 1.19 bits per heavy atom. The highest BCUT2D eigenvalue weighted by Crippen LogP contribution is 2.62. The zero-order valence-corrected chi connectivity index (χ0v) is 15.7. The quantitative estimate of drug-likeness (QED) is 0.623.